The molecular formula is C28H31N3O3. The van der Waals surface area contributed by atoms with Gasteiger partial charge in [-0.2, -0.15) is 0 Å². The maximum atomic E-state index is 12.9. The van der Waals surface area contributed by atoms with Gasteiger partial charge in [-0.1, -0.05) is 56.3 Å². The van der Waals surface area contributed by atoms with Crippen molar-refractivity contribution in [3.63, 3.8) is 0 Å². The number of nitrogens with zero attached hydrogens (tertiary/aromatic N) is 1. The third kappa shape index (κ3) is 5.76. The number of hydrogen-bond acceptors (Lipinski definition) is 3. The second-order valence-electron chi connectivity index (χ2n) is 8.93. The van der Waals surface area contributed by atoms with E-state index in [-0.39, 0.29) is 11.9 Å². The van der Waals surface area contributed by atoms with Crippen LogP contribution in [0.25, 0.3) is 0 Å². The molecule has 2 N–H and O–H groups in total. The summed E-state index contributed by atoms with van der Waals surface area (Å²) < 4.78 is 5.92. The molecule has 4 rings (SSSR count). The summed E-state index contributed by atoms with van der Waals surface area (Å²) in [5.74, 6) is 1.06. The zero-order valence-electron chi connectivity index (χ0n) is 19.9. The number of hydrogen-bond donors (Lipinski definition) is 2. The molecule has 0 aromatic heterocycles. The monoisotopic (exact) mass is 457 g/mol. The van der Waals surface area contributed by atoms with E-state index in [0.29, 0.717) is 30.4 Å². The topological polar surface area (TPSA) is 70.7 Å². The Morgan fingerprint density at radius 3 is 2.38 bits per heavy atom. The van der Waals surface area contributed by atoms with Crippen molar-refractivity contribution in [1.29, 1.82) is 0 Å². The van der Waals surface area contributed by atoms with Crippen molar-refractivity contribution < 1.29 is 14.3 Å². The maximum absolute atomic E-state index is 12.9. The van der Waals surface area contributed by atoms with Crippen LogP contribution in [0.4, 0.5) is 16.2 Å². The highest BCUT2D eigenvalue weighted by atomic mass is 16.5. The Morgan fingerprint density at radius 2 is 1.68 bits per heavy atom. The number of fused-ring (bicyclic) bond motifs is 1. The molecule has 0 unspecified atom stereocenters. The summed E-state index contributed by atoms with van der Waals surface area (Å²) in [4.78, 5) is 27.3. The molecule has 0 saturated carbocycles. The fourth-order valence-corrected chi connectivity index (χ4v) is 4.02. The molecule has 6 heteroatoms. The highest BCUT2D eigenvalue weighted by molar-refractivity contribution is 5.99. The van der Waals surface area contributed by atoms with Crippen LogP contribution in [0.15, 0.2) is 72.8 Å². The molecular weight excluding hydrogens is 426 g/mol. The van der Waals surface area contributed by atoms with E-state index in [1.54, 1.807) is 13.0 Å². The van der Waals surface area contributed by atoms with E-state index in [2.05, 4.69) is 36.6 Å². The molecule has 1 aliphatic heterocycles. The van der Waals surface area contributed by atoms with Gasteiger partial charge in [0.1, 0.15) is 5.75 Å². The number of rotatable bonds is 6. The first-order valence-electron chi connectivity index (χ1n) is 11.7. The molecule has 0 bridgehead atoms. The highest BCUT2D eigenvalue weighted by Gasteiger charge is 2.27. The van der Waals surface area contributed by atoms with Crippen LogP contribution in [0.3, 0.4) is 0 Å². The van der Waals surface area contributed by atoms with Crippen LogP contribution in [0, 0.1) is 0 Å². The van der Waals surface area contributed by atoms with Crippen LogP contribution < -0.4 is 15.4 Å². The summed E-state index contributed by atoms with van der Waals surface area (Å²) in [6.45, 7) is 7.07. The van der Waals surface area contributed by atoms with Gasteiger partial charge in [0.05, 0.1) is 0 Å². The van der Waals surface area contributed by atoms with Gasteiger partial charge in [-0.25, -0.2) is 4.79 Å². The SMILES string of the molecule is CC(C)c1ccc(NC(=O)Nc2ccc3c(c2)CN(CCc2ccccc2)C(=O)[C@@H](C)O3)cc1. The van der Waals surface area contributed by atoms with Crippen LogP contribution >= 0.6 is 0 Å². The Hall–Kier alpha value is -3.80. The first kappa shape index (κ1) is 23.4. The second kappa shape index (κ2) is 10.4. The van der Waals surface area contributed by atoms with E-state index < -0.39 is 6.10 Å². The lowest BCUT2D eigenvalue weighted by Gasteiger charge is -2.22. The first-order valence-corrected chi connectivity index (χ1v) is 11.7. The van der Waals surface area contributed by atoms with Crippen LogP contribution in [0.5, 0.6) is 5.75 Å². The Morgan fingerprint density at radius 1 is 1.00 bits per heavy atom. The summed E-state index contributed by atoms with van der Waals surface area (Å²) in [7, 11) is 0. The Labute approximate surface area is 200 Å². The molecule has 0 spiro atoms. The van der Waals surface area contributed by atoms with Gasteiger partial charge in [0.2, 0.25) is 0 Å². The van der Waals surface area contributed by atoms with Crippen molar-refractivity contribution in [2.24, 2.45) is 0 Å². The largest absolute Gasteiger partial charge is 0.481 e. The van der Waals surface area contributed by atoms with Gasteiger partial charge in [-0.15, -0.1) is 0 Å². The van der Waals surface area contributed by atoms with Crippen molar-refractivity contribution in [2.45, 2.75) is 45.8 Å². The van der Waals surface area contributed by atoms with Gasteiger partial charge in [0.15, 0.2) is 6.10 Å². The lowest BCUT2D eigenvalue weighted by Crippen LogP contribution is -2.39. The fraction of sp³-hybridized carbons (Fsp3) is 0.286. The van der Waals surface area contributed by atoms with E-state index >= 15 is 0 Å². The molecule has 6 nitrogen and oxygen atoms in total. The number of ether oxygens (including phenoxy) is 1. The minimum atomic E-state index is -0.562. The number of benzene rings is 3. The molecule has 3 aromatic carbocycles. The van der Waals surface area contributed by atoms with Crippen molar-refractivity contribution in [2.75, 3.05) is 17.2 Å². The smallest absolute Gasteiger partial charge is 0.323 e. The molecule has 0 radical (unpaired) electrons. The lowest BCUT2D eigenvalue weighted by atomic mass is 10.0. The molecule has 3 aromatic rings. The second-order valence-corrected chi connectivity index (χ2v) is 8.93. The molecule has 1 aliphatic rings. The van der Waals surface area contributed by atoms with Crippen LogP contribution in [-0.2, 0) is 17.8 Å². The fourth-order valence-electron chi connectivity index (χ4n) is 4.02. The normalized spacial score (nSPS) is 15.4. The van der Waals surface area contributed by atoms with E-state index in [0.717, 1.165) is 17.7 Å². The van der Waals surface area contributed by atoms with Gasteiger partial charge >= 0.3 is 6.03 Å². The van der Waals surface area contributed by atoms with Crippen molar-refractivity contribution in [3.05, 3.63) is 89.5 Å². The summed E-state index contributed by atoms with van der Waals surface area (Å²) in [5.41, 5.74) is 4.64. The van der Waals surface area contributed by atoms with Gasteiger partial charge in [-0.05, 0) is 60.7 Å². The number of urea groups is 1. The van der Waals surface area contributed by atoms with E-state index in [1.807, 2.05) is 59.5 Å². The number of carbonyl (C=O) groups is 2. The molecule has 1 heterocycles. The van der Waals surface area contributed by atoms with E-state index in [9.17, 15) is 9.59 Å². The van der Waals surface area contributed by atoms with Gasteiger partial charge in [-0.3, -0.25) is 4.79 Å². The van der Waals surface area contributed by atoms with Gasteiger partial charge in [0.25, 0.3) is 5.91 Å². The predicted octanol–water partition coefficient (Wildman–Crippen LogP) is 5.81. The van der Waals surface area contributed by atoms with Crippen molar-refractivity contribution in [3.8, 4) is 5.75 Å². The van der Waals surface area contributed by atoms with Gasteiger partial charge < -0.3 is 20.3 Å². The Balaban J connectivity index is 1.43. The zero-order chi connectivity index (χ0) is 24.1. The summed E-state index contributed by atoms with van der Waals surface area (Å²) in [6.07, 6.45) is 0.206. The highest BCUT2D eigenvalue weighted by Crippen LogP contribution is 2.29. The lowest BCUT2D eigenvalue weighted by molar-refractivity contribution is -0.137. The minimum absolute atomic E-state index is 0.0378. The molecule has 1 atom stereocenters. The predicted molar refractivity (Wildman–Crippen MR) is 135 cm³/mol. The molecule has 34 heavy (non-hydrogen) atoms. The minimum Gasteiger partial charge on any atom is -0.481 e. The summed E-state index contributed by atoms with van der Waals surface area (Å²) >= 11 is 0. The Kier molecular flexibility index (Phi) is 7.16. The molecule has 0 aliphatic carbocycles. The van der Waals surface area contributed by atoms with Gasteiger partial charge in [0, 0.05) is 30.0 Å². The Bertz CT molecular complexity index is 1140. The standard InChI is InChI=1S/C28H31N3O3/c1-19(2)22-9-11-24(12-10-22)29-28(33)30-25-13-14-26-23(17-25)18-31(27(32)20(3)34-26)16-15-21-7-5-4-6-8-21/h4-14,17,19-20H,15-16,18H2,1-3H3,(H2,29,30,33)/t20-/m1/s1. The molecule has 3 amide bonds. The van der Waals surface area contributed by atoms with Crippen LogP contribution in [-0.4, -0.2) is 29.5 Å². The molecule has 0 saturated heterocycles. The van der Waals surface area contributed by atoms with E-state index in [4.69, 9.17) is 4.74 Å². The summed E-state index contributed by atoms with van der Waals surface area (Å²) in [6, 6.07) is 23.1. The average Bonchev–Trinajstić information content (AvgIpc) is 2.94. The van der Waals surface area contributed by atoms with Crippen molar-refractivity contribution >= 4 is 23.3 Å². The zero-order valence-corrected chi connectivity index (χ0v) is 19.9. The third-order valence-corrected chi connectivity index (χ3v) is 5.99. The van der Waals surface area contributed by atoms with Crippen LogP contribution in [0.2, 0.25) is 0 Å². The number of amides is 3. The third-order valence-electron chi connectivity index (χ3n) is 5.99. The quantitative estimate of drug-likeness (QED) is 0.491. The summed E-state index contributed by atoms with van der Waals surface area (Å²) in [5, 5.41) is 5.75. The van der Waals surface area contributed by atoms with Crippen molar-refractivity contribution in [1.82, 2.24) is 4.90 Å². The maximum Gasteiger partial charge on any atom is 0.323 e. The number of nitrogens with one attached hydrogen (secondary N) is 2. The molecule has 176 valence electrons. The molecule has 0 fully saturated rings. The van der Waals surface area contributed by atoms with E-state index in [1.165, 1.54) is 11.1 Å². The number of carbonyl (C=O) groups excluding carboxylic acids is 2. The first-order chi connectivity index (χ1) is 16.4. The number of anilines is 2. The average molecular weight is 458 g/mol. The van der Waals surface area contributed by atoms with Crippen LogP contribution in [0.1, 0.15) is 43.4 Å².